The standard InChI is InChI=1S/C17H20N2O2/c1-3-13-8-5-6-9-14(13)12-19-16-15(10-7-11-18-16)17(20)21-4-2/h5-11H,3-4,12H2,1-2H3,(H,18,19). The van der Waals surface area contributed by atoms with Crippen LogP contribution in [0.4, 0.5) is 5.82 Å². The molecule has 0 spiro atoms. The first kappa shape index (κ1) is 15.0. The molecule has 0 bridgehead atoms. The lowest BCUT2D eigenvalue weighted by Gasteiger charge is -2.12. The Labute approximate surface area is 125 Å². The summed E-state index contributed by atoms with van der Waals surface area (Å²) in [4.78, 5) is 16.1. The largest absolute Gasteiger partial charge is 0.462 e. The number of nitrogens with one attached hydrogen (secondary N) is 1. The van der Waals surface area contributed by atoms with Gasteiger partial charge in [0.05, 0.1) is 6.61 Å². The van der Waals surface area contributed by atoms with E-state index in [0.717, 1.165) is 6.42 Å². The third-order valence-corrected chi connectivity index (χ3v) is 3.25. The molecule has 4 nitrogen and oxygen atoms in total. The SMILES string of the molecule is CCOC(=O)c1cccnc1NCc1ccccc1CC. The maximum absolute atomic E-state index is 11.9. The number of anilines is 1. The summed E-state index contributed by atoms with van der Waals surface area (Å²) in [6.45, 7) is 4.90. The molecule has 1 aromatic heterocycles. The number of aromatic nitrogens is 1. The summed E-state index contributed by atoms with van der Waals surface area (Å²) in [5, 5.41) is 3.23. The van der Waals surface area contributed by atoms with E-state index in [-0.39, 0.29) is 5.97 Å². The van der Waals surface area contributed by atoms with E-state index in [1.54, 1.807) is 25.3 Å². The van der Waals surface area contributed by atoms with E-state index < -0.39 is 0 Å². The third-order valence-electron chi connectivity index (χ3n) is 3.25. The first-order valence-corrected chi connectivity index (χ1v) is 7.19. The van der Waals surface area contributed by atoms with Crippen molar-refractivity contribution < 1.29 is 9.53 Å². The summed E-state index contributed by atoms with van der Waals surface area (Å²) < 4.78 is 5.05. The van der Waals surface area contributed by atoms with Crippen molar-refractivity contribution in [2.75, 3.05) is 11.9 Å². The summed E-state index contributed by atoms with van der Waals surface area (Å²) in [6, 6.07) is 11.7. The molecule has 110 valence electrons. The van der Waals surface area contributed by atoms with Gasteiger partial charge in [0.25, 0.3) is 0 Å². The van der Waals surface area contributed by atoms with Crippen LogP contribution in [0.3, 0.4) is 0 Å². The highest BCUT2D eigenvalue weighted by atomic mass is 16.5. The number of carbonyl (C=O) groups excluding carboxylic acids is 1. The molecule has 2 rings (SSSR count). The number of carbonyl (C=O) groups is 1. The second-order valence-electron chi connectivity index (χ2n) is 4.60. The smallest absolute Gasteiger partial charge is 0.341 e. The number of aryl methyl sites for hydroxylation is 1. The highest BCUT2D eigenvalue weighted by molar-refractivity contribution is 5.94. The zero-order chi connectivity index (χ0) is 15.1. The minimum atomic E-state index is -0.350. The van der Waals surface area contributed by atoms with Crippen LogP contribution in [0.2, 0.25) is 0 Å². The molecule has 0 saturated heterocycles. The van der Waals surface area contributed by atoms with E-state index in [4.69, 9.17) is 4.74 Å². The lowest BCUT2D eigenvalue weighted by Crippen LogP contribution is -2.11. The Bertz CT molecular complexity index is 611. The first-order valence-electron chi connectivity index (χ1n) is 7.19. The highest BCUT2D eigenvalue weighted by Crippen LogP contribution is 2.16. The lowest BCUT2D eigenvalue weighted by atomic mass is 10.1. The molecule has 0 atom stereocenters. The fourth-order valence-electron chi connectivity index (χ4n) is 2.17. The van der Waals surface area contributed by atoms with Crippen LogP contribution < -0.4 is 5.32 Å². The molecule has 0 saturated carbocycles. The van der Waals surface area contributed by atoms with Crippen LogP contribution in [0.5, 0.6) is 0 Å². The van der Waals surface area contributed by atoms with E-state index in [1.807, 2.05) is 12.1 Å². The maximum Gasteiger partial charge on any atom is 0.341 e. The molecule has 0 unspecified atom stereocenters. The van der Waals surface area contributed by atoms with Gasteiger partial charge in [0.2, 0.25) is 0 Å². The van der Waals surface area contributed by atoms with Gasteiger partial charge in [0.1, 0.15) is 11.4 Å². The van der Waals surface area contributed by atoms with Crippen molar-refractivity contribution in [1.82, 2.24) is 4.98 Å². The predicted octanol–water partition coefficient (Wildman–Crippen LogP) is 3.43. The Kier molecular flexibility index (Phi) is 5.32. The number of nitrogens with zero attached hydrogens (tertiary/aromatic N) is 1. The normalized spacial score (nSPS) is 10.2. The fraction of sp³-hybridized carbons (Fsp3) is 0.294. The van der Waals surface area contributed by atoms with Crippen LogP contribution in [-0.2, 0) is 17.7 Å². The van der Waals surface area contributed by atoms with Gasteiger partial charge in [-0.05, 0) is 36.6 Å². The minimum Gasteiger partial charge on any atom is -0.462 e. The van der Waals surface area contributed by atoms with Crippen LogP contribution in [0.25, 0.3) is 0 Å². The average Bonchev–Trinajstić information content (AvgIpc) is 2.53. The van der Waals surface area contributed by atoms with E-state index in [0.29, 0.717) is 24.5 Å². The Hall–Kier alpha value is -2.36. The molecule has 0 amide bonds. The molecule has 0 aliphatic rings. The number of esters is 1. The molecule has 1 aromatic carbocycles. The third kappa shape index (κ3) is 3.81. The second-order valence-corrected chi connectivity index (χ2v) is 4.60. The van der Waals surface area contributed by atoms with Gasteiger partial charge in [0.15, 0.2) is 0 Å². The van der Waals surface area contributed by atoms with Crippen molar-refractivity contribution in [3.05, 3.63) is 59.3 Å². The Morgan fingerprint density at radius 3 is 2.62 bits per heavy atom. The zero-order valence-corrected chi connectivity index (χ0v) is 12.4. The molecule has 2 aromatic rings. The van der Waals surface area contributed by atoms with Crippen LogP contribution >= 0.6 is 0 Å². The number of hydrogen-bond acceptors (Lipinski definition) is 4. The van der Waals surface area contributed by atoms with E-state index in [9.17, 15) is 4.79 Å². The molecule has 1 N–H and O–H groups in total. The van der Waals surface area contributed by atoms with Gasteiger partial charge < -0.3 is 10.1 Å². The number of benzene rings is 1. The van der Waals surface area contributed by atoms with Crippen LogP contribution in [0, 0.1) is 0 Å². The van der Waals surface area contributed by atoms with Gasteiger partial charge in [0, 0.05) is 12.7 Å². The monoisotopic (exact) mass is 284 g/mol. The molecule has 0 fully saturated rings. The summed E-state index contributed by atoms with van der Waals surface area (Å²) in [6.07, 6.45) is 2.64. The minimum absolute atomic E-state index is 0.350. The van der Waals surface area contributed by atoms with Crippen molar-refractivity contribution in [1.29, 1.82) is 0 Å². The molecular weight excluding hydrogens is 264 g/mol. The van der Waals surface area contributed by atoms with Gasteiger partial charge >= 0.3 is 5.97 Å². The quantitative estimate of drug-likeness (QED) is 0.826. The van der Waals surface area contributed by atoms with E-state index in [1.165, 1.54) is 11.1 Å². The maximum atomic E-state index is 11.9. The zero-order valence-electron chi connectivity index (χ0n) is 12.4. The number of hydrogen-bond donors (Lipinski definition) is 1. The molecule has 21 heavy (non-hydrogen) atoms. The van der Waals surface area contributed by atoms with E-state index >= 15 is 0 Å². The molecular formula is C17H20N2O2. The van der Waals surface area contributed by atoms with Crippen LogP contribution in [0.1, 0.15) is 35.3 Å². The summed E-state index contributed by atoms with van der Waals surface area (Å²) >= 11 is 0. The Morgan fingerprint density at radius 2 is 1.90 bits per heavy atom. The van der Waals surface area contributed by atoms with Gasteiger partial charge in [-0.2, -0.15) is 0 Å². The van der Waals surface area contributed by atoms with Crippen molar-refractivity contribution in [2.24, 2.45) is 0 Å². The van der Waals surface area contributed by atoms with Gasteiger partial charge in [-0.3, -0.25) is 0 Å². The van der Waals surface area contributed by atoms with Crippen molar-refractivity contribution in [2.45, 2.75) is 26.8 Å². The molecule has 0 aliphatic heterocycles. The highest BCUT2D eigenvalue weighted by Gasteiger charge is 2.13. The number of pyridine rings is 1. The summed E-state index contributed by atoms with van der Waals surface area (Å²) in [7, 11) is 0. The van der Waals surface area contributed by atoms with E-state index in [2.05, 4.69) is 29.4 Å². The average molecular weight is 284 g/mol. The van der Waals surface area contributed by atoms with Gasteiger partial charge in [-0.1, -0.05) is 31.2 Å². The lowest BCUT2D eigenvalue weighted by molar-refractivity contribution is 0.0527. The molecule has 0 aliphatic carbocycles. The van der Waals surface area contributed by atoms with Crippen molar-refractivity contribution in [3.63, 3.8) is 0 Å². The van der Waals surface area contributed by atoms with Gasteiger partial charge in [-0.25, -0.2) is 9.78 Å². The van der Waals surface area contributed by atoms with Crippen molar-refractivity contribution >= 4 is 11.8 Å². The summed E-state index contributed by atoms with van der Waals surface area (Å²) in [5.41, 5.74) is 2.97. The Morgan fingerprint density at radius 1 is 1.14 bits per heavy atom. The van der Waals surface area contributed by atoms with Crippen LogP contribution in [0.15, 0.2) is 42.6 Å². The second kappa shape index (κ2) is 7.43. The number of rotatable bonds is 6. The number of ether oxygens (including phenoxy) is 1. The molecule has 0 radical (unpaired) electrons. The topological polar surface area (TPSA) is 51.2 Å². The summed E-state index contributed by atoms with van der Waals surface area (Å²) in [5.74, 6) is 0.207. The fourth-order valence-corrected chi connectivity index (χ4v) is 2.17. The van der Waals surface area contributed by atoms with Crippen molar-refractivity contribution in [3.8, 4) is 0 Å². The first-order chi connectivity index (χ1) is 10.3. The predicted molar refractivity (Wildman–Crippen MR) is 83.3 cm³/mol. The van der Waals surface area contributed by atoms with Gasteiger partial charge in [-0.15, -0.1) is 0 Å². The van der Waals surface area contributed by atoms with Crippen LogP contribution in [-0.4, -0.2) is 17.6 Å². The Balaban J connectivity index is 2.15. The molecule has 1 heterocycles. The molecule has 4 heteroatoms.